The lowest BCUT2D eigenvalue weighted by atomic mass is 9.98. The summed E-state index contributed by atoms with van der Waals surface area (Å²) in [6, 6.07) is 24.3. The highest BCUT2D eigenvalue weighted by molar-refractivity contribution is 6.30. The summed E-state index contributed by atoms with van der Waals surface area (Å²) < 4.78 is 0. The van der Waals surface area contributed by atoms with Crippen molar-refractivity contribution in [2.24, 2.45) is 0 Å². The Bertz CT molecular complexity index is 784. The molecule has 1 N–H and O–H groups in total. The maximum absolute atomic E-state index is 10.8. The molecule has 2 nitrogen and oxygen atoms in total. The monoisotopic (exact) mass is 358 g/mol. The van der Waals surface area contributed by atoms with E-state index in [-0.39, 0.29) is 6.42 Å². The Morgan fingerprint density at radius 3 is 1.83 bits per heavy atom. The predicted octanol–water partition coefficient (Wildman–Crippen LogP) is 5.97. The first-order valence-electron chi connectivity index (χ1n) is 7.32. The van der Waals surface area contributed by atoms with Gasteiger partial charge in [0.15, 0.2) is 0 Å². The summed E-state index contributed by atoms with van der Waals surface area (Å²) >= 11 is 11.4. The van der Waals surface area contributed by atoms with Crippen LogP contribution in [0.25, 0.3) is 11.1 Å². The summed E-state index contributed by atoms with van der Waals surface area (Å²) in [4.78, 5) is 10.8. The van der Waals surface area contributed by atoms with Crippen LogP contribution >= 0.6 is 23.2 Å². The lowest BCUT2D eigenvalue weighted by molar-refractivity contribution is -0.136. The van der Waals surface area contributed by atoms with Crippen molar-refractivity contribution in [2.75, 3.05) is 0 Å². The van der Waals surface area contributed by atoms with Gasteiger partial charge in [0.1, 0.15) is 0 Å². The van der Waals surface area contributed by atoms with Gasteiger partial charge in [0, 0.05) is 10.0 Å². The minimum atomic E-state index is -0.827. The maximum atomic E-state index is 10.8. The fourth-order valence-electron chi connectivity index (χ4n) is 2.16. The third-order valence-corrected chi connectivity index (χ3v) is 3.75. The van der Waals surface area contributed by atoms with Gasteiger partial charge in [-0.05, 0) is 41.0 Å². The molecule has 0 saturated heterocycles. The molecule has 0 unspecified atom stereocenters. The number of rotatable bonds is 3. The highest BCUT2D eigenvalue weighted by atomic mass is 35.5. The van der Waals surface area contributed by atoms with Gasteiger partial charge in [-0.3, -0.25) is 4.79 Å². The molecular weight excluding hydrogens is 343 g/mol. The van der Waals surface area contributed by atoms with Crippen LogP contribution in [0.5, 0.6) is 0 Å². The van der Waals surface area contributed by atoms with Gasteiger partial charge in [0.25, 0.3) is 0 Å². The summed E-state index contributed by atoms with van der Waals surface area (Å²) in [7, 11) is 0. The van der Waals surface area contributed by atoms with Crippen LogP contribution in [0.2, 0.25) is 10.0 Å². The lowest BCUT2D eigenvalue weighted by Gasteiger charge is -2.07. The number of hydrogen-bond acceptors (Lipinski definition) is 1. The average Bonchev–Trinajstić information content (AvgIpc) is 2.57. The fraction of sp³-hybridized carbons (Fsp3) is 0.0500. The molecular formula is C20H16Cl2O2. The van der Waals surface area contributed by atoms with Gasteiger partial charge in [0.05, 0.1) is 6.42 Å². The van der Waals surface area contributed by atoms with Crippen LogP contribution in [0, 0.1) is 0 Å². The van der Waals surface area contributed by atoms with Crippen LogP contribution < -0.4 is 0 Å². The zero-order valence-corrected chi connectivity index (χ0v) is 14.3. The van der Waals surface area contributed by atoms with Crippen LogP contribution in [0.1, 0.15) is 5.56 Å². The summed E-state index contributed by atoms with van der Waals surface area (Å²) in [6.45, 7) is 0. The quantitative estimate of drug-likeness (QED) is 0.625. The molecule has 24 heavy (non-hydrogen) atoms. The average molecular weight is 359 g/mol. The molecule has 4 heteroatoms. The number of aliphatic carboxylic acids is 1. The third kappa shape index (κ3) is 5.73. The Kier molecular flexibility index (Phi) is 6.86. The number of carbonyl (C=O) groups is 1. The molecule has 0 aliphatic rings. The molecule has 122 valence electrons. The van der Waals surface area contributed by atoms with E-state index in [1.54, 1.807) is 12.1 Å². The molecule has 3 aromatic carbocycles. The van der Waals surface area contributed by atoms with Gasteiger partial charge in [0.2, 0.25) is 0 Å². The number of halogens is 2. The van der Waals surface area contributed by atoms with Crippen molar-refractivity contribution in [1.82, 2.24) is 0 Å². The molecule has 0 heterocycles. The van der Waals surface area contributed by atoms with Crippen molar-refractivity contribution in [3.63, 3.8) is 0 Å². The number of carboxylic acids is 1. The lowest BCUT2D eigenvalue weighted by Crippen LogP contribution is -2.01. The van der Waals surface area contributed by atoms with E-state index in [0.717, 1.165) is 21.7 Å². The summed E-state index contributed by atoms with van der Waals surface area (Å²) in [5.41, 5.74) is 2.72. The Morgan fingerprint density at radius 1 is 0.750 bits per heavy atom. The molecule has 0 fully saturated rings. The van der Waals surface area contributed by atoms with Crippen molar-refractivity contribution in [1.29, 1.82) is 0 Å². The van der Waals surface area contributed by atoms with Crippen LogP contribution in [0.4, 0.5) is 0 Å². The van der Waals surface area contributed by atoms with Crippen LogP contribution in [0.3, 0.4) is 0 Å². The molecule has 3 rings (SSSR count). The van der Waals surface area contributed by atoms with Crippen molar-refractivity contribution in [3.8, 4) is 11.1 Å². The number of benzene rings is 3. The zero-order valence-electron chi connectivity index (χ0n) is 12.8. The van der Waals surface area contributed by atoms with E-state index >= 15 is 0 Å². The van der Waals surface area contributed by atoms with Crippen LogP contribution in [-0.2, 0) is 11.2 Å². The molecule has 0 atom stereocenters. The van der Waals surface area contributed by atoms with E-state index in [4.69, 9.17) is 28.3 Å². The van der Waals surface area contributed by atoms with Crippen molar-refractivity contribution >= 4 is 29.2 Å². The highest BCUT2D eigenvalue weighted by Crippen LogP contribution is 2.25. The predicted molar refractivity (Wildman–Crippen MR) is 99.7 cm³/mol. The molecule has 0 bridgehead atoms. The van der Waals surface area contributed by atoms with E-state index < -0.39 is 5.97 Å². The molecule has 0 aliphatic heterocycles. The first-order chi connectivity index (χ1) is 11.6. The number of hydrogen-bond donors (Lipinski definition) is 1. The third-order valence-electron chi connectivity index (χ3n) is 3.25. The Balaban J connectivity index is 0.000000249. The van der Waals surface area contributed by atoms with Gasteiger partial charge in [-0.2, -0.15) is 0 Å². The van der Waals surface area contributed by atoms with Gasteiger partial charge < -0.3 is 5.11 Å². The zero-order chi connectivity index (χ0) is 17.4. The van der Waals surface area contributed by atoms with Gasteiger partial charge in [-0.25, -0.2) is 0 Å². The van der Waals surface area contributed by atoms with Gasteiger partial charge in [-0.1, -0.05) is 77.8 Å². The molecule has 3 aromatic rings. The normalized spacial score (nSPS) is 9.75. The Morgan fingerprint density at radius 2 is 1.29 bits per heavy atom. The first-order valence-corrected chi connectivity index (χ1v) is 8.08. The second kappa shape index (κ2) is 9.11. The molecule has 0 saturated carbocycles. The molecule has 0 aliphatic carbocycles. The van der Waals surface area contributed by atoms with E-state index in [2.05, 4.69) is 0 Å². The minimum absolute atomic E-state index is 0.0266. The standard InChI is InChI=1S/C14H11ClO2.C6H5Cl/c15-12-7-5-10(6-8-12)13-4-2-1-3-11(13)9-14(16)17;7-6-4-2-1-3-5-6/h1-8H,9H2,(H,16,17);1-5H. The highest BCUT2D eigenvalue weighted by Gasteiger charge is 2.07. The fourth-order valence-corrected chi connectivity index (χ4v) is 2.43. The van der Waals surface area contributed by atoms with Crippen molar-refractivity contribution < 1.29 is 9.90 Å². The first kappa shape index (κ1) is 18.1. The summed E-state index contributed by atoms with van der Waals surface area (Å²) in [6.07, 6.45) is 0.0266. The van der Waals surface area contributed by atoms with Gasteiger partial charge >= 0.3 is 5.97 Å². The van der Waals surface area contributed by atoms with Crippen molar-refractivity contribution in [3.05, 3.63) is 94.5 Å². The summed E-state index contributed by atoms with van der Waals surface area (Å²) in [5, 5.41) is 10.3. The maximum Gasteiger partial charge on any atom is 0.307 e. The Hall–Kier alpha value is -2.29. The van der Waals surface area contributed by atoms with E-state index in [1.807, 2.05) is 66.7 Å². The van der Waals surface area contributed by atoms with Crippen LogP contribution in [-0.4, -0.2) is 11.1 Å². The Labute approximate surface area is 151 Å². The number of carboxylic acid groups (broad SMARTS) is 1. The van der Waals surface area contributed by atoms with Crippen LogP contribution in [0.15, 0.2) is 78.9 Å². The second-order valence-corrected chi connectivity index (χ2v) is 5.90. The SMILES string of the molecule is Clc1ccccc1.O=C(O)Cc1ccccc1-c1ccc(Cl)cc1. The van der Waals surface area contributed by atoms with Gasteiger partial charge in [-0.15, -0.1) is 0 Å². The van der Waals surface area contributed by atoms with E-state index in [0.29, 0.717) is 5.02 Å². The molecule has 0 radical (unpaired) electrons. The molecule has 0 spiro atoms. The smallest absolute Gasteiger partial charge is 0.307 e. The largest absolute Gasteiger partial charge is 0.481 e. The van der Waals surface area contributed by atoms with Crippen molar-refractivity contribution in [2.45, 2.75) is 6.42 Å². The second-order valence-electron chi connectivity index (χ2n) is 5.03. The summed E-state index contributed by atoms with van der Waals surface area (Å²) in [5.74, 6) is -0.827. The van der Waals surface area contributed by atoms with E-state index in [9.17, 15) is 4.79 Å². The van der Waals surface area contributed by atoms with E-state index in [1.165, 1.54) is 0 Å². The molecule has 0 amide bonds. The molecule has 0 aromatic heterocycles. The minimum Gasteiger partial charge on any atom is -0.481 e. The topological polar surface area (TPSA) is 37.3 Å².